The Kier molecular flexibility index (Phi) is 6.85. The number of ether oxygens (including phenoxy) is 1. The number of rotatable bonds is 7. The molecule has 1 unspecified atom stereocenters. The van der Waals surface area contributed by atoms with Gasteiger partial charge in [0.25, 0.3) is 0 Å². The summed E-state index contributed by atoms with van der Waals surface area (Å²) >= 11 is 0. The molecule has 3 aromatic rings. The molecule has 4 N–H and O–H groups in total. The molecule has 1 heterocycles. The monoisotopic (exact) mass is 404 g/mol. The zero-order valence-electron chi connectivity index (χ0n) is 16.4. The maximum Gasteiger partial charge on any atom is 0.326 e. The van der Waals surface area contributed by atoms with Crippen molar-refractivity contribution < 1.29 is 20.1 Å². The van der Waals surface area contributed by atoms with E-state index in [4.69, 9.17) is 4.74 Å². The Morgan fingerprint density at radius 2 is 1.50 bits per heavy atom. The third-order valence-corrected chi connectivity index (χ3v) is 4.76. The molecule has 6 nitrogen and oxygen atoms in total. The summed E-state index contributed by atoms with van der Waals surface area (Å²) in [6, 6.07) is 26.9. The Morgan fingerprint density at radius 3 is 2.10 bits per heavy atom. The lowest BCUT2D eigenvalue weighted by Crippen LogP contribution is -2.40. The molecule has 0 amide bonds. The summed E-state index contributed by atoms with van der Waals surface area (Å²) in [5.74, 6) is -0.130. The van der Waals surface area contributed by atoms with Crippen LogP contribution in [-0.2, 0) is 17.9 Å². The first kappa shape index (κ1) is 21.1. The van der Waals surface area contributed by atoms with Gasteiger partial charge in [0.2, 0.25) is 0 Å². The average Bonchev–Trinajstić information content (AvgIpc) is 3.18. The minimum absolute atomic E-state index is 0. The zero-order valence-corrected chi connectivity index (χ0v) is 16.4. The van der Waals surface area contributed by atoms with Crippen LogP contribution in [0.2, 0.25) is 0 Å². The van der Waals surface area contributed by atoms with E-state index < -0.39 is 12.0 Å². The van der Waals surface area contributed by atoms with Crippen LogP contribution in [0.5, 0.6) is 5.75 Å². The summed E-state index contributed by atoms with van der Waals surface area (Å²) in [7, 11) is 0. The van der Waals surface area contributed by atoms with Gasteiger partial charge in [-0.15, -0.1) is 0 Å². The second kappa shape index (κ2) is 9.73. The number of carboxylic acid groups (broad SMARTS) is 1. The first-order chi connectivity index (χ1) is 14.2. The van der Waals surface area contributed by atoms with Gasteiger partial charge >= 0.3 is 5.97 Å². The van der Waals surface area contributed by atoms with E-state index in [1.54, 1.807) is 6.08 Å². The Morgan fingerprint density at radius 1 is 0.900 bits per heavy atom. The number of hydrogen-bond acceptors (Lipinski definition) is 4. The topological polar surface area (TPSA) is 93.3 Å². The summed E-state index contributed by atoms with van der Waals surface area (Å²) in [6.07, 6.45) is 1.74. The van der Waals surface area contributed by atoms with E-state index in [9.17, 15) is 9.90 Å². The number of aliphatic carboxylic acids is 1. The van der Waals surface area contributed by atoms with Gasteiger partial charge in [-0.3, -0.25) is 4.79 Å². The third kappa shape index (κ3) is 5.05. The average molecular weight is 404 g/mol. The molecule has 0 fully saturated rings. The van der Waals surface area contributed by atoms with Gasteiger partial charge in [0.15, 0.2) is 0 Å². The van der Waals surface area contributed by atoms with Crippen LogP contribution in [0.1, 0.15) is 16.7 Å². The van der Waals surface area contributed by atoms with E-state index in [1.165, 1.54) is 0 Å². The molecular formula is C24H24N2O4. The van der Waals surface area contributed by atoms with Gasteiger partial charge in [0.1, 0.15) is 18.4 Å². The largest absolute Gasteiger partial charge is 0.489 e. The number of benzene rings is 3. The van der Waals surface area contributed by atoms with Crippen LogP contribution in [-0.4, -0.2) is 27.6 Å². The molecule has 1 aliphatic rings. The van der Waals surface area contributed by atoms with Crippen molar-refractivity contribution in [2.45, 2.75) is 19.2 Å². The summed E-state index contributed by atoms with van der Waals surface area (Å²) in [5.41, 5.74) is 7.04. The van der Waals surface area contributed by atoms with E-state index in [0.29, 0.717) is 13.2 Å². The normalized spacial score (nSPS) is 15.3. The van der Waals surface area contributed by atoms with Crippen molar-refractivity contribution >= 4 is 11.7 Å². The molecule has 4 rings (SSSR count). The van der Waals surface area contributed by atoms with Gasteiger partial charge < -0.3 is 20.3 Å². The highest BCUT2D eigenvalue weighted by Crippen LogP contribution is 2.27. The molecule has 6 heteroatoms. The number of hydrazine groups is 1. The van der Waals surface area contributed by atoms with Crippen molar-refractivity contribution in [2.24, 2.45) is 0 Å². The Hall–Kier alpha value is -3.61. The Labute approximate surface area is 175 Å². The molecule has 1 aliphatic heterocycles. The third-order valence-electron chi connectivity index (χ3n) is 4.76. The summed E-state index contributed by atoms with van der Waals surface area (Å²) in [5, 5.41) is 11.3. The van der Waals surface area contributed by atoms with Crippen LogP contribution in [0.15, 0.2) is 91.0 Å². The SMILES string of the molecule is O.O=C(O)C1C=C(c2ccc(OCc3ccccc3)cc2)N(Cc2ccccc2)N1. The van der Waals surface area contributed by atoms with Crippen LogP contribution < -0.4 is 10.2 Å². The standard InChI is InChI=1S/C24H22N2O3.H2O/c27-24(28)22-15-23(26(25-22)16-18-7-3-1-4-8-18)20-11-13-21(14-12-20)29-17-19-9-5-2-6-10-19;/h1-15,22,25H,16-17H2,(H,27,28);1H2. The predicted molar refractivity (Wildman–Crippen MR) is 115 cm³/mol. The van der Waals surface area contributed by atoms with Crippen LogP contribution in [0.25, 0.3) is 5.70 Å². The van der Waals surface area contributed by atoms with Crippen molar-refractivity contribution in [1.82, 2.24) is 10.4 Å². The van der Waals surface area contributed by atoms with E-state index in [1.807, 2.05) is 89.9 Å². The summed E-state index contributed by atoms with van der Waals surface area (Å²) in [6.45, 7) is 1.08. The number of carbonyl (C=O) groups is 1. The maximum atomic E-state index is 11.5. The molecule has 0 saturated heterocycles. The maximum absolute atomic E-state index is 11.5. The van der Waals surface area contributed by atoms with Crippen LogP contribution >= 0.6 is 0 Å². The first-order valence-electron chi connectivity index (χ1n) is 9.48. The van der Waals surface area contributed by atoms with Gasteiger partial charge in [-0.2, -0.15) is 0 Å². The van der Waals surface area contributed by atoms with Gasteiger partial charge in [-0.05, 0) is 47.0 Å². The second-order valence-electron chi connectivity index (χ2n) is 6.87. The van der Waals surface area contributed by atoms with Gasteiger partial charge in [-0.1, -0.05) is 60.7 Å². The minimum Gasteiger partial charge on any atom is -0.489 e. The Balaban J connectivity index is 0.00000256. The van der Waals surface area contributed by atoms with Crippen LogP contribution in [0, 0.1) is 0 Å². The Bertz CT molecular complexity index is 989. The number of carboxylic acids is 1. The fraction of sp³-hybridized carbons (Fsp3) is 0.125. The molecule has 0 spiro atoms. The zero-order chi connectivity index (χ0) is 20.1. The molecule has 3 aromatic carbocycles. The highest BCUT2D eigenvalue weighted by Gasteiger charge is 2.28. The number of nitrogens with one attached hydrogen (secondary N) is 1. The molecule has 0 bridgehead atoms. The quantitative estimate of drug-likeness (QED) is 0.631. The molecule has 0 aromatic heterocycles. The first-order valence-corrected chi connectivity index (χ1v) is 9.48. The van der Waals surface area contributed by atoms with Crippen LogP contribution in [0.4, 0.5) is 0 Å². The molecule has 0 saturated carbocycles. The number of hydrogen-bond donors (Lipinski definition) is 2. The highest BCUT2D eigenvalue weighted by atomic mass is 16.5. The molecule has 1 atom stereocenters. The van der Waals surface area contributed by atoms with Gasteiger partial charge in [-0.25, -0.2) is 5.43 Å². The number of nitrogens with zero attached hydrogens (tertiary/aromatic N) is 1. The molecular weight excluding hydrogens is 380 g/mol. The van der Waals surface area contributed by atoms with Crippen molar-refractivity contribution in [3.8, 4) is 5.75 Å². The lowest BCUT2D eigenvalue weighted by Gasteiger charge is -2.23. The van der Waals surface area contributed by atoms with Crippen molar-refractivity contribution in [1.29, 1.82) is 0 Å². The summed E-state index contributed by atoms with van der Waals surface area (Å²) in [4.78, 5) is 11.5. The fourth-order valence-electron chi connectivity index (χ4n) is 3.26. The molecule has 154 valence electrons. The smallest absolute Gasteiger partial charge is 0.326 e. The molecule has 30 heavy (non-hydrogen) atoms. The minimum atomic E-state index is -0.902. The lowest BCUT2D eigenvalue weighted by atomic mass is 10.1. The van der Waals surface area contributed by atoms with E-state index in [2.05, 4.69) is 5.43 Å². The lowest BCUT2D eigenvalue weighted by molar-refractivity contribution is -0.138. The fourth-order valence-corrected chi connectivity index (χ4v) is 3.26. The second-order valence-corrected chi connectivity index (χ2v) is 6.87. The van der Waals surface area contributed by atoms with Crippen molar-refractivity contribution in [3.05, 3.63) is 108 Å². The van der Waals surface area contributed by atoms with E-state index >= 15 is 0 Å². The molecule has 0 radical (unpaired) electrons. The van der Waals surface area contributed by atoms with Gasteiger partial charge in [0, 0.05) is 0 Å². The van der Waals surface area contributed by atoms with E-state index in [0.717, 1.165) is 28.1 Å². The summed E-state index contributed by atoms with van der Waals surface area (Å²) < 4.78 is 5.85. The van der Waals surface area contributed by atoms with Crippen molar-refractivity contribution in [2.75, 3.05) is 0 Å². The molecule has 0 aliphatic carbocycles. The predicted octanol–water partition coefficient (Wildman–Crippen LogP) is 3.26. The van der Waals surface area contributed by atoms with Crippen molar-refractivity contribution in [3.63, 3.8) is 0 Å². The highest BCUT2D eigenvalue weighted by molar-refractivity contribution is 5.81. The van der Waals surface area contributed by atoms with Gasteiger partial charge in [0.05, 0.1) is 12.2 Å². The van der Waals surface area contributed by atoms with E-state index in [-0.39, 0.29) is 5.48 Å². The van der Waals surface area contributed by atoms with Crippen LogP contribution in [0.3, 0.4) is 0 Å².